The van der Waals surface area contributed by atoms with E-state index in [1.54, 1.807) is 11.0 Å². The summed E-state index contributed by atoms with van der Waals surface area (Å²) in [6.45, 7) is 3.97. The zero-order valence-corrected chi connectivity index (χ0v) is 18.0. The van der Waals surface area contributed by atoms with Crippen LogP contribution in [0.4, 0.5) is 17.1 Å². The monoisotopic (exact) mass is 438 g/mol. The number of thioether (sulfide) groups is 1. The highest BCUT2D eigenvalue weighted by molar-refractivity contribution is 8.15. The summed E-state index contributed by atoms with van der Waals surface area (Å²) in [5.41, 5.74) is 3.14. The summed E-state index contributed by atoms with van der Waals surface area (Å²) in [7, 11) is 0. The fourth-order valence-corrected chi connectivity index (χ4v) is 4.72. The van der Waals surface area contributed by atoms with Crippen molar-refractivity contribution in [3.63, 3.8) is 0 Å². The van der Waals surface area contributed by atoms with E-state index in [2.05, 4.69) is 5.32 Å². The maximum absolute atomic E-state index is 13.0. The SMILES string of the molecule is Cc1cccc(C)c1N=C1S[C@H](CC(=O)Nc2cccc([N+](=O)[O-])c2)C(=O)N1C1CC1. The molecule has 2 aliphatic rings. The maximum atomic E-state index is 13.0. The van der Waals surface area contributed by atoms with Crippen molar-refractivity contribution in [3.05, 3.63) is 63.7 Å². The second kappa shape index (κ2) is 8.50. The highest BCUT2D eigenvalue weighted by Crippen LogP contribution is 2.40. The number of nitro benzene ring substituents is 1. The zero-order valence-electron chi connectivity index (χ0n) is 17.2. The molecule has 1 aliphatic carbocycles. The minimum Gasteiger partial charge on any atom is -0.326 e. The molecule has 2 fully saturated rings. The third-order valence-electron chi connectivity index (χ3n) is 5.24. The number of para-hydroxylation sites is 1. The normalized spacial score (nSPS) is 19.7. The lowest BCUT2D eigenvalue weighted by Crippen LogP contribution is -2.35. The van der Waals surface area contributed by atoms with Gasteiger partial charge in [0.15, 0.2) is 5.17 Å². The first-order chi connectivity index (χ1) is 14.8. The van der Waals surface area contributed by atoms with Gasteiger partial charge in [-0.15, -0.1) is 0 Å². The molecule has 0 bridgehead atoms. The van der Waals surface area contributed by atoms with Gasteiger partial charge in [0.05, 0.1) is 10.6 Å². The van der Waals surface area contributed by atoms with E-state index in [9.17, 15) is 19.7 Å². The number of hydrogen-bond acceptors (Lipinski definition) is 6. The summed E-state index contributed by atoms with van der Waals surface area (Å²) in [5, 5.41) is 13.7. The van der Waals surface area contributed by atoms with Gasteiger partial charge < -0.3 is 5.32 Å². The van der Waals surface area contributed by atoms with Gasteiger partial charge in [0.1, 0.15) is 5.25 Å². The predicted octanol–water partition coefficient (Wildman–Crippen LogP) is 4.33. The van der Waals surface area contributed by atoms with Crippen LogP contribution >= 0.6 is 11.8 Å². The molecular weight excluding hydrogens is 416 g/mol. The Balaban J connectivity index is 1.51. The van der Waals surface area contributed by atoms with Crippen molar-refractivity contribution in [2.75, 3.05) is 5.32 Å². The van der Waals surface area contributed by atoms with Gasteiger partial charge >= 0.3 is 0 Å². The molecule has 2 aromatic carbocycles. The summed E-state index contributed by atoms with van der Waals surface area (Å²) >= 11 is 1.31. The number of benzene rings is 2. The Labute approximate surface area is 183 Å². The number of carbonyl (C=O) groups is 2. The van der Waals surface area contributed by atoms with Crippen LogP contribution in [0, 0.1) is 24.0 Å². The minimum absolute atomic E-state index is 0.0266. The fourth-order valence-electron chi connectivity index (χ4n) is 3.52. The first-order valence-electron chi connectivity index (χ1n) is 10.0. The van der Waals surface area contributed by atoms with E-state index in [0.717, 1.165) is 29.7 Å². The van der Waals surface area contributed by atoms with Gasteiger partial charge in [-0.05, 0) is 43.9 Å². The van der Waals surface area contributed by atoms with Crippen molar-refractivity contribution in [3.8, 4) is 0 Å². The zero-order chi connectivity index (χ0) is 22.1. The number of nitrogens with one attached hydrogen (secondary N) is 1. The van der Waals surface area contributed by atoms with E-state index in [1.165, 1.54) is 30.0 Å². The first-order valence-corrected chi connectivity index (χ1v) is 10.9. The molecule has 0 spiro atoms. The summed E-state index contributed by atoms with van der Waals surface area (Å²) in [6, 6.07) is 11.8. The van der Waals surface area contributed by atoms with E-state index < -0.39 is 10.2 Å². The van der Waals surface area contributed by atoms with Crippen LogP contribution in [-0.2, 0) is 9.59 Å². The lowest BCUT2D eigenvalue weighted by atomic mass is 10.1. The maximum Gasteiger partial charge on any atom is 0.271 e. The smallest absolute Gasteiger partial charge is 0.271 e. The molecular formula is C22H22N4O4S. The standard InChI is InChI=1S/C22H22N4O4S/c1-13-5-3-6-14(2)20(13)24-22-25(16-9-10-16)21(28)18(31-22)12-19(27)23-15-7-4-8-17(11-15)26(29)30/h3-8,11,16,18H,9-10,12H2,1-2H3,(H,23,27)/t18-/m1/s1. The second-order valence-electron chi connectivity index (χ2n) is 7.74. The molecule has 1 aliphatic heterocycles. The van der Waals surface area contributed by atoms with Crippen LogP contribution in [0.2, 0.25) is 0 Å². The summed E-state index contributed by atoms with van der Waals surface area (Å²) in [5.74, 6) is -0.470. The van der Waals surface area contributed by atoms with Crippen LogP contribution in [-0.4, -0.2) is 38.1 Å². The number of anilines is 1. The average molecular weight is 439 g/mol. The lowest BCUT2D eigenvalue weighted by Gasteiger charge is -2.16. The highest BCUT2D eigenvalue weighted by Gasteiger charge is 2.46. The second-order valence-corrected chi connectivity index (χ2v) is 8.91. The van der Waals surface area contributed by atoms with Crippen LogP contribution < -0.4 is 5.32 Å². The summed E-state index contributed by atoms with van der Waals surface area (Å²) < 4.78 is 0. The van der Waals surface area contributed by atoms with Crippen LogP contribution in [0.25, 0.3) is 0 Å². The van der Waals surface area contributed by atoms with Gasteiger partial charge in [-0.3, -0.25) is 24.6 Å². The van der Waals surface area contributed by atoms with Gasteiger partial charge in [-0.25, -0.2) is 4.99 Å². The molecule has 9 heteroatoms. The number of non-ortho nitro benzene ring substituents is 1. The Hall–Kier alpha value is -3.20. The molecule has 1 heterocycles. The van der Waals surface area contributed by atoms with E-state index in [1.807, 2.05) is 32.0 Å². The highest BCUT2D eigenvalue weighted by atomic mass is 32.2. The van der Waals surface area contributed by atoms with Crippen molar-refractivity contribution in [2.45, 2.75) is 44.4 Å². The number of amidine groups is 1. The molecule has 0 aromatic heterocycles. The van der Waals surface area contributed by atoms with Crippen LogP contribution in [0.5, 0.6) is 0 Å². The third-order valence-corrected chi connectivity index (χ3v) is 6.39. The Morgan fingerprint density at radius 1 is 1.23 bits per heavy atom. The number of nitro groups is 1. The van der Waals surface area contributed by atoms with Crippen LogP contribution in [0.3, 0.4) is 0 Å². The average Bonchev–Trinajstić information content (AvgIpc) is 3.50. The van der Waals surface area contributed by atoms with Crippen molar-refractivity contribution < 1.29 is 14.5 Å². The summed E-state index contributed by atoms with van der Waals surface area (Å²) in [6.07, 6.45) is 1.84. The minimum atomic E-state index is -0.567. The molecule has 1 saturated carbocycles. The van der Waals surface area contributed by atoms with E-state index >= 15 is 0 Å². The van der Waals surface area contributed by atoms with Crippen molar-refractivity contribution in [2.24, 2.45) is 4.99 Å². The van der Waals surface area contributed by atoms with Crippen molar-refractivity contribution in [1.29, 1.82) is 0 Å². The van der Waals surface area contributed by atoms with Crippen LogP contribution in [0.1, 0.15) is 30.4 Å². The molecule has 160 valence electrons. The third kappa shape index (κ3) is 4.61. The van der Waals surface area contributed by atoms with Gasteiger partial charge in [0.25, 0.3) is 5.69 Å². The number of aliphatic imine (C=N–C) groups is 1. The van der Waals surface area contributed by atoms with Gasteiger partial charge in [-0.2, -0.15) is 0 Å². The molecule has 2 aromatic rings. The van der Waals surface area contributed by atoms with Crippen LogP contribution in [0.15, 0.2) is 47.5 Å². The molecule has 4 rings (SSSR count). The molecule has 2 amide bonds. The largest absolute Gasteiger partial charge is 0.326 e. The molecule has 1 saturated heterocycles. The Morgan fingerprint density at radius 2 is 1.90 bits per heavy atom. The van der Waals surface area contributed by atoms with Crippen molar-refractivity contribution >= 4 is 45.8 Å². The molecule has 31 heavy (non-hydrogen) atoms. The van der Waals surface area contributed by atoms with Gasteiger partial charge in [-0.1, -0.05) is 36.0 Å². The summed E-state index contributed by atoms with van der Waals surface area (Å²) in [4.78, 5) is 42.5. The van der Waals surface area contributed by atoms with E-state index in [0.29, 0.717) is 10.9 Å². The number of carbonyl (C=O) groups excluding carboxylic acids is 2. The topological polar surface area (TPSA) is 105 Å². The van der Waals surface area contributed by atoms with Gasteiger partial charge in [0, 0.05) is 30.3 Å². The quantitative estimate of drug-likeness (QED) is 0.534. The molecule has 8 nitrogen and oxygen atoms in total. The van der Waals surface area contributed by atoms with Crippen molar-refractivity contribution in [1.82, 2.24) is 4.90 Å². The lowest BCUT2D eigenvalue weighted by molar-refractivity contribution is -0.384. The molecule has 0 radical (unpaired) electrons. The molecule has 1 N–H and O–H groups in total. The first kappa shape index (κ1) is 21.0. The molecule has 0 unspecified atom stereocenters. The number of aryl methyl sites for hydroxylation is 2. The predicted molar refractivity (Wildman–Crippen MR) is 121 cm³/mol. The number of amides is 2. The number of nitrogens with zero attached hydrogens (tertiary/aromatic N) is 3. The Kier molecular flexibility index (Phi) is 5.77. The number of hydrogen-bond donors (Lipinski definition) is 1. The molecule has 1 atom stereocenters. The number of rotatable bonds is 6. The van der Waals surface area contributed by atoms with E-state index in [4.69, 9.17) is 4.99 Å². The Bertz CT molecular complexity index is 1080. The van der Waals surface area contributed by atoms with Gasteiger partial charge in [0.2, 0.25) is 11.8 Å². The Morgan fingerprint density at radius 3 is 2.55 bits per heavy atom. The fraction of sp³-hybridized carbons (Fsp3) is 0.318. The van der Waals surface area contributed by atoms with E-state index in [-0.39, 0.29) is 30.0 Å².